The van der Waals surface area contributed by atoms with Gasteiger partial charge in [-0.2, -0.15) is 5.10 Å². The maximum Gasteiger partial charge on any atom is 0.290 e. The average molecular weight is 225 g/mol. The molecule has 0 bridgehead atoms. The molecule has 0 saturated heterocycles. The molecule has 0 aromatic carbocycles. The summed E-state index contributed by atoms with van der Waals surface area (Å²) in [7, 11) is 1.73. The van der Waals surface area contributed by atoms with E-state index in [0.29, 0.717) is 12.5 Å². The minimum absolute atomic E-state index is 0.116. The molecular weight excluding hydrogens is 206 g/mol. The number of hydrogen-bond donors (Lipinski definition) is 2. The molecule has 0 radical (unpaired) electrons. The molecule has 1 atom stereocenters. The molecule has 1 rings (SSSR count). The van der Waals surface area contributed by atoms with E-state index < -0.39 is 0 Å². The first-order chi connectivity index (χ1) is 7.52. The number of H-pyrrole nitrogens is 1. The number of nitrogens with zero attached hydrogens (tertiary/aromatic N) is 3. The van der Waals surface area contributed by atoms with Crippen molar-refractivity contribution in [1.29, 1.82) is 0 Å². The van der Waals surface area contributed by atoms with E-state index in [-0.39, 0.29) is 17.8 Å². The van der Waals surface area contributed by atoms with Crippen molar-refractivity contribution < 1.29 is 4.79 Å². The summed E-state index contributed by atoms with van der Waals surface area (Å²) in [6, 6.07) is 0.116. The highest BCUT2D eigenvalue weighted by atomic mass is 16.2. The van der Waals surface area contributed by atoms with E-state index in [1.165, 1.54) is 6.33 Å². The van der Waals surface area contributed by atoms with Gasteiger partial charge in [-0.25, -0.2) is 4.98 Å². The molecule has 6 nitrogen and oxygen atoms in total. The maximum atomic E-state index is 11.7. The van der Waals surface area contributed by atoms with Gasteiger partial charge in [0.15, 0.2) is 0 Å². The Kier molecular flexibility index (Phi) is 4.42. The molecule has 1 amide bonds. The molecule has 90 valence electrons. The van der Waals surface area contributed by atoms with Crippen LogP contribution in [0.15, 0.2) is 6.33 Å². The van der Waals surface area contributed by atoms with Crippen LogP contribution in [0.4, 0.5) is 0 Å². The predicted octanol–water partition coefficient (Wildman–Crippen LogP) is 0.250. The van der Waals surface area contributed by atoms with Crippen molar-refractivity contribution in [1.82, 2.24) is 20.1 Å². The van der Waals surface area contributed by atoms with Crippen LogP contribution in [0, 0.1) is 5.92 Å². The Morgan fingerprint density at radius 3 is 2.81 bits per heavy atom. The van der Waals surface area contributed by atoms with Crippen molar-refractivity contribution in [2.45, 2.75) is 26.3 Å². The van der Waals surface area contributed by atoms with Gasteiger partial charge in [-0.15, -0.1) is 0 Å². The van der Waals surface area contributed by atoms with Gasteiger partial charge in [-0.3, -0.25) is 9.89 Å². The Bertz CT molecular complexity index is 322. The molecule has 1 aromatic rings. The van der Waals surface area contributed by atoms with Gasteiger partial charge < -0.3 is 10.6 Å². The van der Waals surface area contributed by atoms with Gasteiger partial charge in [0.25, 0.3) is 5.91 Å². The molecule has 6 heteroatoms. The molecule has 0 saturated carbocycles. The zero-order valence-corrected chi connectivity index (χ0v) is 9.97. The normalized spacial score (nSPS) is 12.8. The average Bonchev–Trinajstić information content (AvgIpc) is 2.77. The highest BCUT2D eigenvalue weighted by Crippen LogP contribution is 2.04. The van der Waals surface area contributed by atoms with E-state index in [2.05, 4.69) is 29.0 Å². The largest absolute Gasteiger partial charge is 0.339 e. The fourth-order valence-corrected chi connectivity index (χ4v) is 1.27. The Balaban J connectivity index is 2.41. The number of hydrogen-bond acceptors (Lipinski definition) is 4. The highest BCUT2D eigenvalue weighted by Gasteiger charge is 2.16. The molecule has 0 fully saturated rings. The second-order valence-electron chi connectivity index (χ2n) is 4.26. The summed E-state index contributed by atoms with van der Waals surface area (Å²) in [5, 5.41) is 6.19. The summed E-state index contributed by atoms with van der Waals surface area (Å²) in [5.41, 5.74) is 5.91. The predicted molar refractivity (Wildman–Crippen MR) is 60.8 cm³/mol. The summed E-state index contributed by atoms with van der Waals surface area (Å²) in [5.74, 6) is 0.530. The van der Waals surface area contributed by atoms with Crippen LogP contribution in [0.5, 0.6) is 0 Å². The number of nitrogens with two attached hydrogens (primary N) is 1. The molecule has 3 N–H and O–H groups in total. The molecule has 0 aliphatic heterocycles. The quantitative estimate of drug-likeness (QED) is 0.752. The van der Waals surface area contributed by atoms with Crippen LogP contribution in [-0.2, 0) is 0 Å². The van der Waals surface area contributed by atoms with Crippen molar-refractivity contribution in [3.05, 3.63) is 12.2 Å². The number of carbonyl (C=O) groups is 1. The number of amides is 1. The summed E-state index contributed by atoms with van der Waals surface area (Å²) >= 11 is 0. The zero-order chi connectivity index (χ0) is 12.1. The van der Waals surface area contributed by atoms with Gasteiger partial charge in [0, 0.05) is 19.6 Å². The fourth-order valence-electron chi connectivity index (χ4n) is 1.27. The van der Waals surface area contributed by atoms with Crippen molar-refractivity contribution >= 4 is 5.91 Å². The molecule has 0 spiro atoms. The van der Waals surface area contributed by atoms with E-state index in [1.807, 2.05) is 0 Å². The maximum absolute atomic E-state index is 11.7. The van der Waals surface area contributed by atoms with E-state index >= 15 is 0 Å². The fraction of sp³-hybridized carbons (Fsp3) is 0.700. The summed E-state index contributed by atoms with van der Waals surface area (Å²) in [6.45, 7) is 4.77. The summed E-state index contributed by atoms with van der Waals surface area (Å²) in [4.78, 5) is 17.1. The van der Waals surface area contributed by atoms with Gasteiger partial charge in [-0.1, -0.05) is 13.8 Å². The second-order valence-corrected chi connectivity index (χ2v) is 4.26. The minimum atomic E-state index is -0.159. The third-order valence-corrected chi connectivity index (χ3v) is 2.62. The number of aromatic amines is 1. The van der Waals surface area contributed by atoms with Crippen LogP contribution in [0.3, 0.4) is 0 Å². The lowest BCUT2D eigenvalue weighted by molar-refractivity contribution is 0.0777. The first kappa shape index (κ1) is 12.6. The van der Waals surface area contributed by atoms with Gasteiger partial charge >= 0.3 is 0 Å². The molecule has 1 unspecified atom stereocenters. The Hall–Kier alpha value is -1.43. The minimum Gasteiger partial charge on any atom is -0.339 e. The van der Waals surface area contributed by atoms with Crippen LogP contribution in [0.1, 0.15) is 30.9 Å². The van der Waals surface area contributed by atoms with Crippen molar-refractivity contribution in [2.24, 2.45) is 11.7 Å². The van der Waals surface area contributed by atoms with Crippen LogP contribution >= 0.6 is 0 Å². The molecular formula is C10H19N5O. The number of nitrogens with one attached hydrogen (secondary N) is 1. The Labute approximate surface area is 95.2 Å². The molecule has 1 heterocycles. The SMILES string of the molecule is CC(C)C(N)CCN(C)C(=O)c1ncn[nH]1. The molecule has 0 aliphatic rings. The summed E-state index contributed by atoms with van der Waals surface area (Å²) in [6.07, 6.45) is 2.11. The van der Waals surface area contributed by atoms with Gasteiger partial charge in [0.05, 0.1) is 0 Å². The first-order valence-corrected chi connectivity index (χ1v) is 5.38. The van der Waals surface area contributed by atoms with E-state index in [9.17, 15) is 4.79 Å². The third-order valence-electron chi connectivity index (χ3n) is 2.62. The molecule has 16 heavy (non-hydrogen) atoms. The lowest BCUT2D eigenvalue weighted by atomic mass is 10.0. The van der Waals surface area contributed by atoms with Crippen LogP contribution < -0.4 is 5.73 Å². The lowest BCUT2D eigenvalue weighted by Gasteiger charge is -2.20. The Morgan fingerprint density at radius 1 is 1.62 bits per heavy atom. The number of aromatic nitrogens is 3. The van der Waals surface area contributed by atoms with Gasteiger partial charge in [-0.05, 0) is 12.3 Å². The van der Waals surface area contributed by atoms with Crippen LogP contribution in [0.2, 0.25) is 0 Å². The smallest absolute Gasteiger partial charge is 0.290 e. The standard InChI is InChI=1S/C10H19N5O/c1-7(2)8(11)4-5-15(3)10(16)9-12-6-13-14-9/h6-8H,4-5,11H2,1-3H3,(H,12,13,14). The van der Waals surface area contributed by atoms with E-state index in [4.69, 9.17) is 5.73 Å². The second kappa shape index (κ2) is 5.60. The monoisotopic (exact) mass is 225 g/mol. The van der Waals surface area contributed by atoms with E-state index in [1.54, 1.807) is 11.9 Å². The Morgan fingerprint density at radius 2 is 2.31 bits per heavy atom. The molecule has 1 aromatic heterocycles. The van der Waals surface area contributed by atoms with Gasteiger partial charge in [0.1, 0.15) is 6.33 Å². The number of carbonyl (C=O) groups excluding carboxylic acids is 1. The number of rotatable bonds is 5. The highest BCUT2D eigenvalue weighted by molar-refractivity contribution is 5.90. The van der Waals surface area contributed by atoms with Crippen molar-refractivity contribution in [3.8, 4) is 0 Å². The topological polar surface area (TPSA) is 87.9 Å². The summed E-state index contributed by atoms with van der Waals surface area (Å²) < 4.78 is 0. The lowest BCUT2D eigenvalue weighted by Crippen LogP contribution is -2.35. The zero-order valence-electron chi connectivity index (χ0n) is 9.97. The van der Waals surface area contributed by atoms with E-state index in [0.717, 1.165) is 6.42 Å². The van der Waals surface area contributed by atoms with Gasteiger partial charge in [0.2, 0.25) is 5.82 Å². The van der Waals surface area contributed by atoms with Crippen molar-refractivity contribution in [2.75, 3.05) is 13.6 Å². The van der Waals surface area contributed by atoms with Crippen LogP contribution in [-0.4, -0.2) is 45.6 Å². The van der Waals surface area contributed by atoms with Crippen molar-refractivity contribution in [3.63, 3.8) is 0 Å². The molecule has 0 aliphatic carbocycles. The van der Waals surface area contributed by atoms with Crippen LogP contribution in [0.25, 0.3) is 0 Å². The third kappa shape index (κ3) is 3.30. The first-order valence-electron chi connectivity index (χ1n) is 5.38.